The van der Waals surface area contributed by atoms with Gasteiger partial charge in [0.05, 0.1) is 0 Å². The van der Waals surface area contributed by atoms with Crippen molar-refractivity contribution >= 4 is 6.09 Å². The molecule has 0 saturated heterocycles. The zero-order valence-corrected chi connectivity index (χ0v) is 9.87. The maximum Gasteiger partial charge on any atom is 0.407 e. The van der Waals surface area contributed by atoms with Crippen molar-refractivity contribution in [2.45, 2.75) is 13.2 Å². The Kier molecular flexibility index (Phi) is 4.30. The molecular weight excluding hydrogens is 228 g/mol. The second-order valence-corrected chi connectivity index (χ2v) is 3.78. The summed E-state index contributed by atoms with van der Waals surface area (Å²) in [5.74, 6) is 0. The largest absolute Gasteiger partial charge is 0.445 e. The van der Waals surface area contributed by atoms with Crippen LogP contribution in [-0.4, -0.2) is 11.1 Å². The molecule has 1 heterocycles. The fourth-order valence-electron chi connectivity index (χ4n) is 1.45. The Morgan fingerprint density at radius 2 is 1.89 bits per heavy atom. The van der Waals surface area contributed by atoms with Crippen molar-refractivity contribution < 1.29 is 9.53 Å². The third kappa shape index (κ3) is 3.90. The average molecular weight is 242 g/mol. The summed E-state index contributed by atoms with van der Waals surface area (Å²) in [6, 6.07) is 13.3. The Labute approximate surface area is 106 Å². The molecule has 0 bridgehead atoms. The lowest BCUT2D eigenvalue weighted by atomic mass is 10.2. The lowest BCUT2D eigenvalue weighted by Crippen LogP contribution is -2.23. The molecule has 0 saturated carbocycles. The summed E-state index contributed by atoms with van der Waals surface area (Å²) in [6.45, 7) is 0.696. The Morgan fingerprint density at radius 1 is 1.11 bits per heavy atom. The van der Waals surface area contributed by atoms with Crippen molar-refractivity contribution in [3.63, 3.8) is 0 Å². The van der Waals surface area contributed by atoms with Crippen LogP contribution in [0.15, 0.2) is 54.9 Å². The molecule has 0 fully saturated rings. The smallest absolute Gasteiger partial charge is 0.407 e. The Hall–Kier alpha value is -2.36. The highest BCUT2D eigenvalue weighted by Gasteiger charge is 2.02. The van der Waals surface area contributed by atoms with Gasteiger partial charge < -0.3 is 10.1 Å². The van der Waals surface area contributed by atoms with E-state index in [1.807, 2.05) is 36.4 Å². The molecule has 1 aromatic heterocycles. The number of amides is 1. The van der Waals surface area contributed by atoms with E-state index in [4.69, 9.17) is 4.74 Å². The van der Waals surface area contributed by atoms with Gasteiger partial charge in [-0.15, -0.1) is 0 Å². The molecule has 0 aliphatic rings. The number of rotatable bonds is 4. The van der Waals surface area contributed by atoms with E-state index in [-0.39, 0.29) is 6.61 Å². The number of alkyl carbamates (subject to hydrolysis) is 1. The van der Waals surface area contributed by atoms with Gasteiger partial charge in [0.15, 0.2) is 0 Å². The van der Waals surface area contributed by atoms with Crippen LogP contribution in [0.4, 0.5) is 4.79 Å². The summed E-state index contributed by atoms with van der Waals surface area (Å²) in [5, 5.41) is 2.69. The monoisotopic (exact) mass is 242 g/mol. The van der Waals surface area contributed by atoms with Gasteiger partial charge in [-0.3, -0.25) is 4.98 Å². The molecule has 2 aromatic rings. The lowest BCUT2D eigenvalue weighted by molar-refractivity contribution is 0.139. The van der Waals surface area contributed by atoms with Gasteiger partial charge in [0.25, 0.3) is 0 Å². The van der Waals surface area contributed by atoms with Crippen LogP contribution >= 0.6 is 0 Å². The van der Waals surface area contributed by atoms with Crippen LogP contribution in [-0.2, 0) is 17.9 Å². The van der Waals surface area contributed by atoms with Gasteiger partial charge in [-0.1, -0.05) is 36.4 Å². The predicted molar refractivity (Wildman–Crippen MR) is 67.7 cm³/mol. The van der Waals surface area contributed by atoms with Gasteiger partial charge in [0.1, 0.15) is 6.61 Å². The van der Waals surface area contributed by atoms with E-state index in [9.17, 15) is 4.79 Å². The maximum atomic E-state index is 11.4. The minimum atomic E-state index is -0.428. The number of carbonyl (C=O) groups is 1. The quantitative estimate of drug-likeness (QED) is 0.896. The molecule has 0 aliphatic heterocycles. The van der Waals surface area contributed by atoms with E-state index in [1.165, 1.54) is 0 Å². The molecule has 0 spiro atoms. The molecule has 2 rings (SSSR count). The highest BCUT2D eigenvalue weighted by Crippen LogP contribution is 2.00. The average Bonchev–Trinajstić information content (AvgIpc) is 2.45. The first-order valence-electron chi connectivity index (χ1n) is 5.68. The fraction of sp³-hybridized carbons (Fsp3) is 0.143. The normalized spacial score (nSPS) is 9.78. The van der Waals surface area contributed by atoms with Crippen molar-refractivity contribution in [3.8, 4) is 0 Å². The summed E-state index contributed by atoms with van der Waals surface area (Å²) in [5.41, 5.74) is 1.91. The molecule has 1 amide bonds. The summed E-state index contributed by atoms with van der Waals surface area (Å²) in [7, 11) is 0. The fourth-order valence-corrected chi connectivity index (χ4v) is 1.45. The van der Waals surface area contributed by atoms with Gasteiger partial charge in [-0.25, -0.2) is 4.79 Å². The van der Waals surface area contributed by atoms with E-state index in [0.717, 1.165) is 11.1 Å². The van der Waals surface area contributed by atoms with Crippen molar-refractivity contribution in [2.75, 3.05) is 0 Å². The van der Waals surface area contributed by atoms with E-state index in [2.05, 4.69) is 10.3 Å². The first kappa shape index (κ1) is 12.1. The van der Waals surface area contributed by atoms with Crippen molar-refractivity contribution in [3.05, 3.63) is 66.0 Å². The van der Waals surface area contributed by atoms with Crippen LogP contribution in [0.3, 0.4) is 0 Å². The number of benzene rings is 1. The Bertz CT molecular complexity index is 440. The highest BCUT2D eigenvalue weighted by molar-refractivity contribution is 5.67. The molecule has 1 N–H and O–H groups in total. The molecule has 0 unspecified atom stereocenters. The number of hydrogen-bond donors (Lipinski definition) is 1. The summed E-state index contributed by atoms with van der Waals surface area (Å²) < 4.78 is 5.06. The SMILES string of the molecule is O=C(NCc1ccccc1)OCc1cccnc1. The summed E-state index contributed by atoms with van der Waals surface area (Å²) in [4.78, 5) is 15.4. The van der Waals surface area contributed by atoms with Gasteiger partial charge >= 0.3 is 6.09 Å². The minimum Gasteiger partial charge on any atom is -0.445 e. The molecule has 0 radical (unpaired) electrons. The number of pyridine rings is 1. The Morgan fingerprint density at radius 3 is 2.61 bits per heavy atom. The van der Waals surface area contributed by atoms with Gasteiger partial charge in [-0.05, 0) is 11.6 Å². The number of carbonyl (C=O) groups excluding carboxylic acids is 1. The third-order valence-electron chi connectivity index (χ3n) is 2.37. The predicted octanol–water partition coefficient (Wildman–Crippen LogP) is 2.51. The van der Waals surface area contributed by atoms with Crippen LogP contribution in [0.25, 0.3) is 0 Å². The zero-order valence-electron chi connectivity index (χ0n) is 9.87. The first-order valence-corrected chi connectivity index (χ1v) is 5.68. The highest BCUT2D eigenvalue weighted by atomic mass is 16.5. The second-order valence-electron chi connectivity index (χ2n) is 3.78. The molecule has 92 valence electrons. The number of nitrogens with zero attached hydrogens (tertiary/aromatic N) is 1. The van der Waals surface area contributed by atoms with E-state index in [0.29, 0.717) is 6.54 Å². The van der Waals surface area contributed by atoms with Crippen LogP contribution in [0.5, 0.6) is 0 Å². The standard InChI is InChI=1S/C14H14N2O2/c17-14(16-10-12-5-2-1-3-6-12)18-11-13-7-4-8-15-9-13/h1-9H,10-11H2,(H,16,17). The number of nitrogens with one attached hydrogen (secondary N) is 1. The third-order valence-corrected chi connectivity index (χ3v) is 2.37. The van der Waals surface area contributed by atoms with Crippen LogP contribution < -0.4 is 5.32 Å². The summed E-state index contributed by atoms with van der Waals surface area (Å²) in [6.07, 6.45) is 2.92. The number of ether oxygens (including phenoxy) is 1. The minimum absolute atomic E-state index is 0.231. The van der Waals surface area contributed by atoms with Crippen molar-refractivity contribution in [1.29, 1.82) is 0 Å². The molecule has 0 aliphatic carbocycles. The molecule has 0 atom stereocenters. The summed E-state index contributed by atoms with van der Waals surface area (Å²) >= 11 is 0. The lowest BCUT2D eigenvalue weighted by Gasteiger charge is -2.06. The first-order chi connectivity index (χ1) is 8.84. The van der Waals surface area contributed by atoms with Gasteiger partial charge in [-0.2, -0.15) is 0 Å². The van der Waals surface area contributed by atoms with E-state index in [1.54, 1.807) is 18.5 Å². The van der Waals surface area contributed by atoms with Gasteiger partial charge in [0.2, 0.25) is 0 Å². The maximum absolute atomic E-state index is 11.4. The topological polar surface area (TPSA) is 51.2 Å². The Balaban J connectivity index is 1.73. The molecule has 1 aromatic carbocycles. The zero-order chi connectivity index (χ0) is 12.6. The van der Waals surface area contributed by atoms with E-state index >= 15 is 0 Å². The van der Waals surface area contributed by atoms with Gasteiger partial charge in [0, 0.05) is 24.5 Å². The molecule has 4 heteroatoms. The second kappa shape index (κ2) is 6.39. The number of hydrogen-bond acceptors (Lipinski definition) is 3. The van der Waals surface area contributed by atoms with Crippen molar-refractivity contribution in [1.82, 2.24) is 10.3 Å². The van der Waals surface area contributed by atoms with E-state index < -0.39 is 6.09 Å². The molecule has 4 nitrogen and oxygen atoms in total. The molecule has 18 heavy (non-hydrogen) atoms. The number of aromatic nitrogens is 1. The van der Waals surface area contributed by atoms with Crippen LogP contribution in [0, 0.1) is 0 Å². The van der Waals surface area contributed by atoms with Crippen LogP contribution in [0.1, 0.15) is 11.1 Å². The van der Waals surface area contributed by atoms with Crippen molar-refractivity contribution in [2.24, 2.45) is 0 Å². The van der Waals surface area contributed by atoms with Crippen LogP contribution in [0.2, 0.25) is 0 Å². The molecular formula is C14H14N2O2.